The van der Waals surface area contributed by atoms with Crippen LogP contribution in [0, 0.1) is 5.41 Å². The summed E-state index contributed by atoms with van der Waals surface area (Å²) in [6.07, 6.45) is 0.715. The molecule has 194 valence electrons. The summed E-state index contributed by atoms with van der Waals surface area (Å²) >= 11 is 7.13. The van der Waals surface area contributed by atoms with E-state index in [1.165, 1.54) is 11.3 Å². The molecule has 0 bridgehead atoms. The third kappa shape index (κ3) is 6.66. The first kappa shape index (κ1) is 26.6. The highest BCUT2D eigenvalue weighted by atomic mass is 35.5. The predicted molar refractivity (Wildman–Crippen MR) is 142 cm³/mol. The molecule has 0 saturated carbocycles. The van der Waals surface area contributed by atoms with E-state index in [4.69, 9.17) is 26.3 Å². The van der Waals surface area contributed by atoms with Crippen molar-refractivity contribution in [1.82, 2.24) is 4.90 Å². The Hall–Kier alpha value is -3.45. The fraction of sp³-hybridized carbons (Fsp3) is 0.208. The van der Waals surface area contributed by atoms with Gasteiger partial charge in [0.15, 0.2) is 0 Å². The third-order valence-corrected chi connectivity index (χ3v) is 6.68. The van der Waals surface area contributed by atoms with Gasteiger partial charge in [-0.25, -0.2) is 0 Å². The summed E-state index contributed by atoms with van der Waals surface area (Å²) in [5.41, 5.74) is 3.73. The van der Waals surface area contributed by atoms with Crippen molar-refractivity contribution in [2.45, 2.75) is 13.1 Å². The summed E-state index contributed by atoms with van der Waals surface area (Å²) in [6.45, 7) is 2.02. The van der Waals surface area contributed by atoms with E-state index in [-0.39, 0.29) is 17.8 Å². The first-order chi connectivity index (χ1) is 17.5. The minimum absolute atomic E-state index is 0.122. The molecule has 2 amide bonds. The zero-order chi connectivity index (χ0) is 26.7. The average Bonchev–Trinajstić information content (AvgIpc) is 3.53. The summed E-state index contributed by atoms with van der Waals surface area (Å²) in [7, 11) is -3.67. The quantitative estimate of drug-likeness (QED) is 0.398. The Kier molecular flexibility index (Phi) is 7.83. The van der Waals surface area contributed by atoms with Crippen LogP contribution in [-0.2, 0) is 27.9 Å². The van der Waals surface area contributed by atoms with Gasteiger partial charge < -0.3 is 15.0 Å². The van der Waals surface area contributed by atoms with E-state index in [1.807, 2.05) is 36.4 Å². The summed E-state index contributed by atoms with van der Waals surface area (Å²) in [5.74, 6) is -0.410. The number of carbonyl (C=O) groups is 2. The molecule has 3 aromatic rings. The molecular weight excluding hydrogens is 540 g/mol. The maximum Gasteiger partial charge on any atom is 0.289 e. The predicted octanol–water partition coefficient (Wildman–Crippen LogP) is 4.09. The highest BCUT2D eigenvalue weighted by Gasteiger charge is 2.31. The van der Waals surface area contributed by atoms with Crippen molar-refractivity contribution < 1.29 is 27.3 Å². The largest absolute Gasteiger partial charge is 0.463 e. The van der Waals surface area contributed by atoms with Crippen LogP contribution in [0.2, 0.25) is 4.34 Å². The highest BCUT2D eigenvalue weighted by Crippen LogP contribution is 2.32. The van der Waals surface area contributed by atoms with E-state index < -0.39 is 10.1 Å². The van der Waals surface area contributed by atoms with Crippen molar-refractivity contribution in [1.29, 1.82) is 5.41 Å². The van der Waals surface area contributed by atoms with Gasteiger partial charge in [0.1, 0.15) is 6.61 Å². The number of nitrogens with one attached hydrogen (secondary N) is 2. The lowest BCUT2D eigenvalue weighted by molar-refractivity contribution is 0.0767. The number of hydrogen-bond acceptors (Lipinski definition) is 7. The number of rotatable bonds is 5. The van der Waals surface area contributed by atoms with Gasteiger partial charge in [-0.05, 0) is 41.5 Å². The molecule has 3 heterocycles. The number of hydrogen-bond donors (Lipinski definition) is 3. The second kappa shape index (κ2) is 10.9. The molecule has 0 atom stereocenters. The molecule has 0 radical (unpaired) electrons. The molecule has 0 aliphatic carbocycles. The number of nitrogens with zero attached hydrogens (tertiary/aromatic N) is 2. The Morgan fingerprint density at radius 3 is 2.59 bits per heavy atom. The first-order valence-corrected chi connectivity index (χ1v) is 14.0. The Balaban J connectivity index is 0.000000586. The zero-order valence-electron chi connectivity index (χ0n) is 19.6. The molecular formula is C24H23ClN4O6S2. The molecule has 2 aliphatic rings. The fourth-order valence-corrected chi connectivity index (χ4v) is 4.91. The number of anilines is 2. The monoisotopic (exact) mass is 562 g/mol. The van der Waals surface area contributed by atoms with E-state index in [2.05, 4.69) is 5.32 Å². The minimum Gasteiger partial charge on any atom is -0.463 e. The van der Waals surface area contributed by atoms with Crippen LogP contribution in [0.25, 0.3) is 0 Å². The second-order valence-corrected chi connectivity index (χ2v) is 11.4. The average molecular weight is 563 g/mol. The molecule has 37 heavy (non-hydrogen) atoms. The molecule has 1 fully saturated rings. The van der Waals surface area contributed by atoms with E-state index in [0.717, 1.165) is 16.8 Å². The topological polar surface area (TPSA) is 140 Å². The van der Waals surface area contributed by atoms with Crippen LogP contribution in [0.3, 0.4) is 0 Å². The molecule has 3 N–H and O–H groups in total. The highest BCUT2D eigenvalue weighted by molar-refractivity contribution is 7.85. The maximum absolute atomic E-state index is 13.2. The van der Waals surface area contributed by atoms with Gasteiger partial charge in [0.05, 0.1) is 33.3 Å². The lowest BCUT2D eigenvalue weighted by Gasteiger charge is -2.19. The maximum atomic E-state index is 13.2. The number of carbonyl (C=O) groups excluding carboxylic acids is 2. The normalized spacial score (nSPS) is 14.7. The van der Waals surface area contributed by atoms with Crippen molar-refractivity contribution in [2.24, 2.45) is 0 Å². The molecule has 5 rings (SSSR count). The van der Waals surface area contributed by atoms with Crippen LogP contribution >= 0.6 is 22.9 Å². The number of amides is 2. The molecule has 1 aromatic heterocycles. The molecule has 2 aliphatic heterocycles. The van der Waals surface area contributed by atoms with Crippen molar-refractivity contribution >= 4 is 62.3 Å². The van der Waals surface area contributed by atoms with Gasteiger partial charge >= 0.3 is 0 Å². The van der Waals surface area contributed by atoms with Crippen molar-refractivity contribution in [3.8, 4) is 0 Å². The van der Waals surface area contributed by atoms with Crippen molar-refractivity contribution in [3.63, 3.8) is 0 Å². The van der Waals surface area contributed by atoms with Crippen molar-refractivity contribution in [2.75, 3.05) is 29.6 Å². The SMILES string of the molecule is CS(=O)(=O)O.N=C1OCCN1c1cccc(CN2Cc3cccc(NC(=O)c4ccc(Cl)s4)c3C2=O)c1. The Morgan fingerprint density at radius 1 is 1.22 bits per heavy atom. The van der Waals surface area contributed by atoms with Gasteiger partial charge in [0.2, 0.25) is 0 Å². The summed E-state index contributed by atoms with van der Waals surface area (Å²) in [4.78, 5) is 29.9. The van der Waals surface area contributed by atoms with Crippen LogP contribution in [0.4, 0.5) is 11.4 Å². The number of amidine groups is 1. The lowest BCUT2D eigenvalue weighted by atomic mass is 10.1. The van der Waals surface area contributed by atoms with E-state index in [1.54, 1.807) is 28.0 Å². The Labute approximate surface area is 222 Å². The Bertz CT molecular complexity index is 1470. The molecule has 0 spiro atoms. The van der Waals surface area contributed by atoms with Crippen LogP contribution in [0.5, 0.6) is 0 Å². The van der Waals surface area contributed by atoms with E-state index in [0.29, 0.717) is 53.0 Å². The standard InChI is InChI=1S/C23H19ClN4O3S.CH4O3S/c24-19-8-7-18(32-19)21(29)26-17-6-2-4-15-13-27(22(30)20(15)17)12-14-3-1-5-16(11-14)28-9-10-31-23(28)25;1-5(2,3)4/h1-8,11,25H,9-10,12-13H2,(H,26,29);1H3,(H,2,3,4). The zero-order valence-corrected chi connectivity index (χ0v) is 22.0. The van der Waals surface area contributed by atoms with E-state index in [9.17, 15) is 18.0 Å². The van der Waals surface area contributed by atoms with Gasteiger partial charge in [-0.3, -0.25) is 24.5 Å². The first-order valence-electron chi connectivity index (χ1n) is 11.0. The van der Waals surface area contributed by atoms with E-state index >= 15 is 0 Å². The van der Waals surface area contributed by atoms with Crippen LogP contribution in [-0.4, -0.2) is 55.1 Å². The minimum atomic E-state index is -3.67. The van der Waals surface area contributed by atoms with Crippen LogP contribution < -0.4 is 10.2 Å². The second-order valence-electron chi connectivity index (χ2n) is 8.27. The van der Waals surface area contributed by atoms with Crippen molar-refractivity contribution in [3.05, 3.63) is 80.5 Å². The van der Waals surface area contributed by atoms with Gasteiger partial charge in [-0.15, -0.1) is 11.3 Å². The molecule has 2 aromatic carbocycles. The van der Waals surface area contributed by atoms with Gasteiger partial charge in [0.25, 0.3) is 28.0 Å². The number of ether oxygens (including phenoxy) is 1. The smallest absolute Gasteiger partial charge is 0.289 e. The Morgan fingerprint density at radius 2 is 1.95 bits per heavy atom. The summed E-state index contributed by atoms with van der Waals surface area (Å²) < 4.78 is 31.6. The van der Waals surface area contributed by atoms with Gasteiger partial charge in [0, 0.05) is 18.8 Å². The summed E-state index contributed by atoms with van der Waals surface area (Å²) in [6, 6.07) is 16.7. The molecule has 13 heteroatoms. The van der Waals surface area contributed by atoms with Crippen LogP contribution in [0.1, 0.15) is 31.2 Å². The lowest BCUT2D eigenvalue weighted by Crippen LogP contribution is -2.25. The number of fused-ring (bicyclic) bond motifs is 1. The van der Waals surface area contributed by atoms with Gasteiger partial charge in [-0.1, -0.05) is 35.9 Å². The molecule has 0 unspecified atom stereocenters. The molecule has 10 nitrogen and oxygen atoms in total. The number of halogens is 1. The fourth-order valence-electron chi connectivity index (χ4n) is 3.97. The van der Waals surface area contributed by atoms with Gasteiger partial charge in [-0.2, -0.15) is 8.42 Å². The number of benzene rings is 2. The third-order valence-electron chi connectivity index (χ3n) is 5.45. The molecule has 1 saturated heterocycles. The van der Waals surface area contributed by atoms with Crippen LogP contribution in [0.15, 0.2) is 54.6 Å². The number of thiophene rings is 1. The summed E-state index contributed by atoms with van der Waals surface area (Å²) in [5, 5.41) is 10.8.